The highest BCUT2D eigenvalue weighted by atomic mass is 16.5. The quantitative estimate of drug-likeness (QED) is 0.555. The minimum absolute atomic E-state index is 0.369. The molecule has 0 unspecified atom stereocenters. The maximum atomic E-state index is 11.4. The van der Waals surface area contributed by atoms with Gasteiger partial charge in [-0.25, -0.2) is 9.78 Å². The van der Waals surface area contributed by atoms with Crippen molar-refractivity contribution in [2.75, 3.05) is 12.8 Å². The van der Waals surface area contributed by atoms with Gasteiger partial charge in [0.1, 0.15) is 0 Å². The van der Waals surface area contributed by atoms with Crippen LogP contribution in [0, 0.1) is 0 Å². The molecule has 0 fully saturated rings. The van der Waals surface area contributed by atoms with Gasteiger partial charge in [0, 0.05) is 12.7 Å². The average Bonchev–Trinajstić information content (AvgIpc) is 2.58. The van der Waals surface area contributed by atoms with Gasteiger partial charge in [-0.2, -0.15) is 0 Å². The Morgan fingerprint density at radius 2 is 2.27 bits per heavy atom. The van der Waals surface area contributed by atoms with E-state index in [1.165, 1.54) is 7.11 Å². The maximum absolute atomic E-state index is 11.4. The number of carbonyl (C=O) groups excluding carboxylic acids is 1. The molecular formula is C10H11N3O2. The van der Waals surface area contributed by atoms with E-state index in [0.29, 0.717) is 11.3 Å². The summed E-state index contributed by atoms with van der Waals surface area (Å²) in [6.07, 6.45) is 1.67. The van der Waals surface area contributed by atoms with Crippen LogP contribution in [0.4, 0.5) is 5.69 Å². The van der Waals surface area contributed by atoms with Gasteiger partial charge in [0.2, 0.25) is 0 Å². The summed E-state index contributed by atoms with van der Waals surface area (Å²) in [6.45, 7) is 0. The number of imidazole rings is 1. The largest absolute Gasteiger partial charge is 0.465 e. The first kappa shape index (κ1) is 9.51. The standard InChI is InChI=1S/C10H11N3O2/c1-13-5-12-8-4-7(11)6(3-9(8)13)10(14)15-2/h3-5H,11H2,1-2H3. The third-order valence-electron chi connectivity index (χ3n) is 2.30. The van der Waals surface area contributed by atoms with Crippen LogP contribution in [0.25, 0.3) is 11.0 Å². The molecule has 5 heteroatoms. The first-order chi connectivity index (χ1) is 7.13. The zero-order chi connectivity index (χ0) is 11.0. The number of aryl methyl sites for hydroxylation is 1. The lowest BCUT2D eigenvalue weighted by atomic mass is 10.1. The van der Waals surface area contributed by atoms with Gasteiger partial charge in [-0.3, -0.25) is 0 Å². The average molecular weight is 205 g/mol. The lowest BCUT2D eigenvalue weighted by Crippen LogP contribution is -2.05. The van der Waals surface area contributed by atoms with Crippen LogP contribution >= 0.6 is 0 Å². The molecule has 0 atom stereocenters. The zero-order valence-electron chi connectivity index (χ0n) is 8.52. The molecular weight excluding hydrogens is 194 g/mol. The molecule has 0 radical (unpaired) electrons. The Morgan fingerprint density at radius 1 is 1.53 bits per heavy atom. The summed E-state index contributed by atoms with van der Waals surface area (Å²) < 4.78 is 6.45. The number of carbonyl (C=O) groups is 1. The van der Waals surface area contributed by atoms with Crippen LogP contribution in [0.3, 0.4) is 0 Å². The Labute approximate surface area is 86.5 Å². The maximum Gasteiger partial charge on any atom is 0.340 e. The normalized spacial score (nSPS) is 10.5. The first-order valence-corrected chi connectivity index (χ1v) is 4.42. The lowest BCUT2D eigenvalue weighted by molar-refractivity contribution is 0.0602. The number of anilines is 1. The van der Waals surface area contributed by atoms with Crippen LogP contribution in [0.15, 0.2) is 18.5 Å². The number of nitrogen functional groups attached to an aromatic ring is 1. The number of aromatic nitrogens is 2. The van der Waals surface area contributed by atoms with Gasteiger partial charge in [-0.1, -0.05) is 0 Å². The highest BCUT2D eigenvalue weighted by Crippen LogP contribution is 2.21. The van der Waals surface area contributed by atoms with Crippen molar-refractivity contribution >= 4 is 22.7 Å². The summed E-state index contributed by atoms with van der Waals surface area (Å²) in [5.41, 5.74) is 8.09. The van der Waals surface area contributed by atoms with E-state index >= 15 is 0 Å². The van der Waals surface area contributed by atoms with Crippen LogP contribution < -0.4 is 5.73 Å². The van der Waals surface area contributed by atoms with E-state index in [0.717, 1.165) is 11.0 Å². The Bertz CT molecular complexity index is 531. The van der Waals surface area contributed by atoms with Crippen LogP contribution in [-0.2, 0) is 11.8 Å². The molecule has 2 N–H and O–H groups in total. The summed E-state index contributed by atoms with van der Waals surface area (Å²) in [4.78, 5) is 15.5. The van der Waals surface area contributed by atoms with Crippen molar-refractivity contribution in [3.8, 4) is 0 Å². The highest BCUT2D eigenvalue weighted by molar-refractivity contribution is 5.99. The number of methoxy groups -OCH3 is 1. The van der Waals surface area contributed by atoms with Gasteiger partial charge >= 0.3 is 5.97 Å². The molecule has 1 aromatic carbocycles. The van der Waals surface area contributed by atoms with Gasteiger partial charge in [0.05, 0.1) is 30.0 Å². The van der Waals surface area contributed by atoms with Crippen molar-refractivity contribution < 1.29 is 9.53 Å². The number of rotatable bonds is 1. The topological polar surface area (TPSA) is 70.1 Å². The van der Waals surface area contributed by atoms with Gasteiger partial charge in [0.25, 0.3) is 0 Å². The van der Waals surface area contributed by atoms with E-state index in [9.17, 15) is 4.79 Å². The van der Waals surface area contributed by atoms with E-state index < -0.39 is 5.97 Å². The number of fused-ring (bicyclic) bond motifs is 1. The summed E-state index contributed by atoms with van der Waals surface area (Å²) >= 11 is 0. The van der Waals surface area contributed by atoms with E-state index in [1.54, 1.807) is 18.5 Å². The fourth-order valence-electron chi connectivity index (χ4n) is 1.48. The fraction of sp³-hybridized carbons (Fsp3) is 0.200. The molecule has 15 heavy (non-hydrogen) atoms. The van der Waals surface area contributed by atoms with E-state index in [1.807, 2.05) is 11.6 Å². The van der Waals surface area contributed by atoms with Gasteiger partial charge in [-0.15, -0.1) is 0 Å². The van der Waals surface area contributed by atoms with Crippen molar-refractivity contribution in [2.24, 2.45) is 7.05 Å². The molecule has 0 aliphatic heterocycles. The second-order valence-electron chi connectivity index (χ2n) is 3.28. The number of nitrogens with zero attached hydrogens (tertiary/aromatic N) is 2. The summed E-state index contributed by atoms with van der Waals surface area (Å²) in [5.74, 6) is -0.435. The van der Waals surface area contributed by atoms with Gasteiger partial charge in [-0.05, 0) is 12.1 Å². The predicted octanol–water partition coefficient (Wildman–Crippen LogP) is 0.942. The molecule has 0 bridgehead atoms. The molecule has 0 spiro atoms. The molecule has 0 saturated carbocycles. The zero-order valence-corrected chi connectivity index (χ0v) is 8.52. The van der Waals surface area contributed by atoms with Gasteiger partial charge in [0.15, 0.2) is 0 Å². The van der Waals surface area contributed by atoms with Crippen molar-refractivity contribution in [2.45, 2.75) is 0 Å². The second-order valence-corrected chi connectivity index (χ2v) is 3.28. The van der Waals surface area contributed by atoms with Crippen LogP contribution in [-0.4, -0.2) is 22.6 Å². The summed E-state index contributed by atoms with van der Waals surface area (Å²) in [7, 11) is 3.18. The first-order valence-electron chi connectivity index (χ1n) is 4.42. The minimum atomic E-state index is -0.435. The lowest BCUT2D eigenvalue weighted by Gasteiger charge is -2.04. The van der Waals surface area contributed by atoms with Crippen molar-refractivity contribution in [3.05, 3.63) is 24.0 Å². The van der Waals surface area contributed by atoms with Gasteiger partial charge < -0.3 is 15.0 Å². The molecule has 0 amide bonds. The Morgan fingerprint density at radius 3 is 2.93 bits per heavy atom. The highest BCUT2D eigenvalue weighted by Gasteiger charge is 2.12. The molecule has 5 nitrogen and oxygen atoms in total. The molecule has 78 valence electrons. The van der Waals surface area contributed by atoms with Crippen LogP contribution in [0.5, 0.6) is 0 Å². The second kappa shape index (κ2) is 3.27. The Kier molecular flexibility index (Phi) is 2.07. The number of nitrogens with two attached hydrogens (primary N) is 1. The smallest absolute Gasteiger partial charge is 0.340 e. The number of hydrogen-bond acceptors (Lipinski definition) is 4. The molecule has 0 saturated heterocycles. The number of ether oxygens (including phenoxy) is 1. The number of esters is 1. The Balaban J connectivity index is 2.70. The third kappa shape index (κ3) is 1.41. The third-order valence-corrected chi connectivity index (χ3v) is 2.30. The molecule has 1 heterocycles. The van der Waals surface area contributed by atoms with Crippen molar-refractivity contribution in [3.63, 3.8) is 0 Å². The van der Waals surface area contributed by atoms with E-state index in [-0.39, 0.29) is 0 Å². The number of hydrogen-bond donors (Lipinski definition) is 1. The monoisotopic (exact) mass is 205 g/mol. The van der Waals surface area contributed by atoms with Crippen LogP contribution in [0.2, 0.25) is 0 Å². The predicted molar refractivity (Wildman–Crippen MR) is 56.5 cm³/mol. The summed E-state index contributed by atoms with van der Waals surface area (Å²) in [6, 6.07) is 3.35. The molecule has 2 aromatic rings. The molecule has 1 aromatic heterocycles. The Hall–Kier alpha value is -2.04. The van der Waals surface area contributed by atoms with E-state index in [2.05, 4.69) is 9.72 Å². The summed E-state index contributed by atoms with van der Waals surface area (Å²) in [5, 5.41) is 0. The molecule has 2 rings (SSSR count). The minimum Gasteiger partial charge on any atom is -0.465 e. The number of benzene rings is 1. The SMILES string of the molecule is COC(=O)c1cc2c(cc1N)ncn2C. The van der Waals surface area contributed by atoms with Crippen molar-refractivity contribution in [1.82, 2.24) is 9.55 Å². The molecule has 0 aliphatic rings. The van der Waals surface area contributed by atoms with Crippen molar-refractivity contribution in [1.29, 1.82) is 0 Å². The van der Waals surface area contributed by atoms with E-state index in [4.69, 9.17) is 5.73 Å². The molecule has 0 aliphatic carbocycles. The van der Waals surface area contributed by atoms with Crippen LogP contribution in [0.1, 0.15) is 10.4 Å². The fourth-order valence-corrected chi connectivity index (χ4v) is 1.48.